The summed E-state index contributed by atoms with van der Waals surface area (Å²) in [5, 5.41) is 10.4. The third-order valence-corrected chi connectivity index (χ3v) is 4.09. The molecule has 0 aromatic heterocycles. The highest BCUT2D eigenvalue weighted by molar-refractivity contribution is 6.30. The van der Waals surface area contributed by atoms with E-state index in [0.29, 0.717) is 17.0 Å². The molecule has 1 saturated carbocycles. The molecule has 100 valence electrons. The van der Waals surface area contributed by atoms with E-state index in [9.17, 15) is 9.50 Å². The first kappa shape index (κ1) is 13.8. The van der Waals surface area contributed by atoms with Gasteiger partial charge in [0.25, 0.3) is 0 Å². The third kappa shape index (κ3) is 3.96. The fourth-order valence-electron chi connectivity index (χ4n) is 2.77. The van der Waals surface area contributed by atoms with Crippen molar-refractivity contribution < 1.29 is 9.50 Å². The van der Waals surface area contributed by atoms with E-state index >= 15 is 0 Å². The molecular weight excluding hydrogens is 251 g/mol. The van der Waals surface area contributed by atoms with Crippen molar-refractivity contribution >= 4 is 11.6 Å². The SMILES string of the molecule is OC(CCC1CCCC1)Cc1ccc(Cl)cc1F. The fourth-order valence-corrected chi connectivity index (χ4v) is 2.93. The summed E-state index contributed by atoms with van der Waals surface area (Å²) in [6, 6.07) is 4.64. The summed E-state index contributed by atoms with van der Waals surface area (Å²) in [4.78, 5) is 0. The summed E-state index contributed by atoms with van der Waals surface area (Å²) in [7, 11) is 0. The van der Waals surface area contributed by atoms with Crippen molar-refractivity contribution in [2.45, 2.75) is 51.0 Å². The molecule has 0 bridgehead atoms. The molecule has 1 aliphatic rings. The van der Waals surface area contributed by atoms with Crippen LogP contribution < -0.4 is 0 Å². The van der Waals surface area contributed by atoms with Gasteiger partial charge in [-0.1, -0.05) is 43.4 Å². The molecule has 3 heteroatoms. The summed E-state index contributed by atoms with van der Waals surface area (Å²) >= 11 is 5.70. The number of hydrogen-bond acceptors (Lipinski definition) is 1. The first-order valence-electron chi connectivity index (χ1n) is 6.77. The predicted octanol–water partition coefficient (Wildman–Crippen LogP) is 4.35. The molecule has 1 aromatic carbocycles. The van der Waals surface area contributed by atoms with E-state index in [1.165, 1.54) is 31.7 Å². The first-order valence-corrected chi connectivity index (χ1v) is 7.15. The minimum absolute atomic E-state index is 0.317. The molecule has 1 aromatic rings. The number of halogens is 2. The molecule has 0 radical (unpaired) electrons. The molecule has 1 aliphatic carbocycles. The number of hydrogen-bond donors (Lipinski definition) is 1. The van der Waals surface area contributed by atoms with Gasteiger partial charge >= 0.3 is 0 Å². The summed E-state index contributed by atoms with van der Waals surface area (Å²) in [5.41, 5.74) is 0.554. The standard InChI is InChI=1S/C15H20ClFO/c16-13-7-6-12(15(17)10-13)9-14(18)8-5-11-3-1-2-4-11/h6-7,10-11,14,18H,1-5,8-9H2. The lowest BCUT2D eigenvalue weighted by Gasteiger charge is -2.14. The van der Waals surface area contributed by atoms with Gasteiger partial charge in [0.05, 0.1) is 6.10 Å². The molecule has 1 N–H and O–H groups in total. The Morgan fingerprint density at radius 1 is 1.33 bits per heavy atom. The zero-order valence-corrected chi connectivity index (χ0v) is 11.3. The Bertz CT molecular complexity index is 388. The molecule has 1 unspecified atom stereocenters. The molecule has 18 heavy (non-hydrogen) atoms. The quantitative estimate of drug-likeness (QED) is 0.843. The van der Waals surface area contributed by atoms with Gasteiger partial charge in [-0.25, -0.2) is 4.39 Å². The van der Waals surface area contributed by atoms with Crippen LogP contribution in [0.1, 0.15) is 44.1 Å². The van der Waals surface area contributed by atoms with Crippen molar-refractivity contribution in [1.82, 2.24) is 0 Å². The third-order valence-electron chi connectivity index (χ3n) is 3.85. The number of aliphatic hydroxyl groups excluding tert-OH is 1. The van der Waals surface area contributed by atoms with Gasteiger partial charge in [-0.15, -0.1) is 0 Å². The van der Waals surface area contributed by atoms with Crippen LogP contribution in [0, 0.1) is 11.7 Å². The first-order chi connectivity index (χ1) is 8.65. The lowest BCUT2D eigenvalue weighted by molar-refractivity contribution is 0.153. The van der Waals surface area contributed by atoms with E-state index in [-0.39, 0.29) is 5.82 Å². The van der Waals surface area contributed by atoms with Gasteiger partial charge in [0, 0.05) is 11.4 Å². The normalized spacial score (nSPS) is 18.2. The van der Waals surface area contributed by atoms with Crippen molar-refractivity contribution in [3.8, 4) is 0 Å². The van der Waals surface area contributed by atoms with Crippen LogP contribution >= 0.6 is 11.6 Å². The van der Waals surface area contributed by atoms with E-state index in [1.807, 2.05) is 0 Å². The number of benzene rings is 1. The predicted molar refractivity (Wildman–Crippen MR) is 72.3 cm³/mol. The van der Waals surface area contributed by atoms with Gasteiger partial charge in [0.1, 0.15) is 5.82 Å². The van der Waals surface area contributed by atoms with Crippen LogP contribution in [-0.2, 0) is 6.42 Å². The molecule has 1 atom stereocenters. The lowest BCUT2D eigenvalue weighted by atomic mass is 9.96. The molecule has 1 nitrogen and oxygen atoms in total. The second kappa shape index (κ2) is 6.53. The van der Waals surface area contributed by atoms with Gasteiger partial charge in [-0.2, -0.15) is 0 Å². The molecular formula is C15H20ClFO. The van der Waals surface area contributed by atoms with Crippen molar-refractivity contribution in [3.63, 3.8) is 0 Å². The van der Waals surface area contributed by atoms with Crippen LogP contribution in [0.25, 0.3) is 0 Å². The molecule has 0 heterocycles. The van der Waals surface area contributed by atoms with E-state index < -0.39 is 6.10 Å². The van der Waals surface area contributed by atoms with E-state index in [1.54, 1.807) is 12.1 Å². The summed E-state index contributed by atoms with van der Waals surface area (Å²) in [5.74, 6) is 0.456. The van der Waals surface area contributed by atoms with Gasteiger partial charge < -0.3 is 5.11 Å². The lowest BCUT2D eigenvalue weighted by Crippen LogP contribution is -2.13. The Hall–Kier alpha value is -0.600. The van der Waals surface area contributed by atoms with Gasteiger partial charge in [0.15, 0.2) is 0 Å². The van der Waals surface area contributed by atoms with Crippen LogP contribution in [-0.4, -0.2) is 11.2 Å². The fraction of sp³-hybridized carbons (Fsp3) is 0.600. The summed E-state index contributed by atoms with van der Waals surface area (Å²) in [6.45, 7) is 0. The highest BCUT2D eigenvalue weighted by Crippen LogP contribution is 2.29. The van der Waals surface area contributed by atoms with Gasteiger partial charge in [-0.05, 0) is 36.5 Å². The smallest absolute Gasteiger partial charge is 0.127 e. The monoisotopic (exact) mass is 270 g/mol. The van der Waals surface area contributed by atoms with E-state index in [4.69, 9.17) is 11.6 Å². The molecule has 0 aliphatic heterocycles. The van der Waals surface area contributed by atoms with Crippen molar-refractivity contribution in [2.24, 2.45) is 5.92 Å². The maximum atomic E-state index is 13.6. The maximum absolute atomic E-state index is 13.6. The summed E-state index contributed by atoms with van der Waals surface area (Å²) < 4.78 is 13.6. The van der Waals surface area contributed by atoms with Crippen LogP contribution in [0.2, 0.25) is 5.02 Å². The molecule has 0 spiro atoms. The topological polar surface area (TPSA) is 20.2 Å². The van der Waals surface area contributed by atoms with Gasteiger partial charge in [-0.3, -0.25) is 0 Å². The Morgan fingerprint density at radius 3 is 2.72 bits per heavy atom. The van der Waals surface area contributed by atoms with Crippen LogP contribution in [0.4, 0.5) is 4.39 Å². The van der Waals surface area contributed by atoms with Crippen molar-refractivity contribution in [3.05, 3.63) is 34.6 Å². The Morgan fingerprint density at radius 2 is 2.06 bits per heavy atom. The largest absolute Gasteiger partial charge is 0.393 e. The summed E-state index contributed by atoms with van der Waals surface area (Å²) in [6.07, 6.45) is 7.02. The number of rotatable bonds is 5. The minimum Gasteiger partial charge on any atom is -0.393 e. The Labute approximate surface area is 113 Å². The van der Waals surface area contributed by atoms with E-state index in [2.05, 4.69) is 0 Å². The average Bonchev–Trinajstić information content (AvgIpc) is 2.83. The van der Waals surface area contributed by atoms with E-state index in [0.717, 1.165) is 18.8 Å². The van der Waals surface area contributed by atoms with Crippen LogP contribution in [0.3, 0.4) is 0 Å². The van der Waals surface area contributed by atoms with Crippen LogP contribution in [0.15, 0.2) is 18.2 Å². The highest BCUT2D eigenvalue weighted by Gasteiger charge is 2.17. The molecule has 0 amide bonds. The second-order valence-corrected chi connectivity index (χ2v) is 5.76. The van der Waals surface area contributed by atoms with Crippen molar-refractivity contribution in [1.29, 1.82) is 0 Å². The highest BCUT2D eigenvalue weighted by atomic mass is 35.5. The number of aliphatic hydroxyl groups is 1. The zero-order chi connectivity index (χ0) is 13.0. The molecule has 1 fully saturated rings. The van der Waals surface area contributed by atoms with Crippen molar-refractivity contribution in [2.75, 3.05) is 0 Å². The second-order valence-electron chi connectivity index (χ2n) is 5.32. The van der Waals surface area contributed by atoms with Gasteiger partial charge in [0.2, 0.25) is 0 Å². The van der Waals surface area contributed by atoms with Crippen LogP contribution in [0.5, 0.6) is 0 Å². The maximum Gasteiger partial charge on any atom is 0.127 e. The minimum atomic E-state index is -0.443. The zero-order valence-electron chi connectivity index (χ0n) is 10.5. The molecule has 2 rings (SSSR count). The average molecular weight is 271 g/mol. The Kier molecular flexibility index (Phi) is 5.02. The Balaban J connectivity index is 1.80. The molecule has 0 saturated heterocycles.